The lowest BCUT2D eigenvalue weighted by molar-refractivity contribution is -0.283. The van der Waals surface area contributed by atoms with E-state index in [1.165, 1.54) is 62.4 Å². The lowest BCUT2D eigenvalue weighted by Crippen LogP contribution is -2.62. The van der Waals surface area contributed by atoms with E-state index in [4.69, 9.17) is 42.6 Å². The highest BCUT2D eigenvalue weighted by atomic mass is 16.7. The molecule has 0 N–H and O–H groups in total. The lowest BCUT2D eigenvalue weighted by atomic mass is 9.94. The lowest BCUT2D eigenvalue weighted by Gasteiger charge is -2.44. The molecule has 0 saturated carbocycles. The second kappa shape index (κ2) is 19.0. The van der Waals surface area contributed by atoms with E-state index in [0.717, 1.165) is 27.7 Å². The Balaban J connectivity index is 1.49. The quantitative estimate of drug-likeness (QED) is 0.0984. The van der Waals surface area contributed by atoms with Gasteiger partial charge in [-0.05, 0) is 41.5 Å². The summed E-state index contributed by atoms with van der Waals surface area (Å²) in [5.74, 6) is -5.20. The second-order valence-corrected chi connectivity index (χ2v) is 13.3. The third-order valence-electron chi connectivity index (χ3n) is 8.48. The number of hydrogen-bond acceptors (Lipinski definition) is 17. The molecule has 1 saturated heterocycles. The number of benzene rings is 3. The highest BCUT2D eigenvalue weighted by Gasteiger charge is 2.53. The number of Topliss-reactive ketones (excluding diaryl/α,β-unsaturated/α-hetero) is 1. The van der Waals surface area contributed by atoms with Crippen molar-refractivity contribution in [1.82, 2.24) is 0 Å². The zero-order chi connectivity index (χ0) is 43.0. The molecule has 3 aromatic rings. The fourth-order valence-corrected chi connectivity index (χ4v) is 6.32. The van der Waals surface area contributed by atoms with E-state index in [1.54, 1.807) is 24.3 Å². The van der Waals surface area contributed by atoms with E-state index in [2.05, 4.69) is 0 Å². The maximum Gasteiger partial charge on any atom is 0.308 e. The molecule has 2 aliphatic rings. The smallest absolute Gasteiger partial charge is 0.308 e. The van der Waals surface area contributed by atoms with E-state index >= 15 is 0 Å². The number of carbonyl (C=O) groups excluding carboxylic acids is 8. The van der Waals surface area contributed by atoms with Gasteiger partial charge in [0.15, 0.2) is 23.8 Å². The Hall–Kier alpha value is -6.88. The van der Waals surface area contributed by atoms with E-state index in [1.807, 2.05) is 0 Å². The molecule has 310 valence electrons. The average Bonchev–Trinajstić information content (AvgIpc) is 3.13. The van der Waals surface area contributed by atoms with Crippen molar-refractivity contribution in [3.8, 4) is 28.7 Å². The van der Waals surface area contributed by atoms with Crippen LogP contribution in [0.4, 0.5) is 0 Å². The summed E-state index contributed by atoms with van der Waals surface area (Å²) in [6.45, 7) is 6.86. The van der Waals surface area contributed by atoms with Gasteiger partial charge in [-0.15, -0.1) is 0 Å². The molecule has 17 nitrogen and oxygen atoms in total. The highest BCUT2D eigenvalue weighted by Crippen LogP contribution is 2.44. The summed E-state index contributed by atoms with van der Waals surface area (Å²) in [5.41, 5.74) is 1.06. The number of ether oxygens (including phenoxy) is 9. The number of rotatable bonds is 13. The Morgan fingerprint density at radius 1 is 0.644 bits per heavy atom. The molecule has 0 unspecified atom stereocenters. The molecule has 3 aromatic carbocycles. The topological polar surface area (TPSA) is 220 Å². The van der Waals surface area contributed by atoms with Crippen LogP contribution in [0, 0.1) is 0 Å². The Morgan fingerprint density at radius 3 is 1.75 bits per heavy atom. The third kappa shape index (κ3) is 11.8. The molecule has 0 bridgehead atoms. The van der Waals surface area contributed by atoms with Crippen LogP contribution >= 0.6 is 0 Å². The minimum atomic E-state index is -1.68. The molecule has 2 aliphatic heterocycles. The summed E-state index contributed by atoms with van der Waals surface area (Å²) in [4.78, 5) is 99.1. The normalized spacial score (nSPS) is 20.9. The van der Waals surface area contributed by atoms with Crippen molar-refractivity contribution in [3.63, 3.8) is 0 Å². The zero-order valence-electron chi connectivity index (χ0n) is 32.7. The summed E-state index contributed by atoms with van der Waals surface area (Å²) in [7, 11) is 0. The monoisotopic (exact) mass is 816 g/mol. The van der Waals surface area contributed by atoms with Crippen LogP contribution in [0.2, 0.25) is 0 Å². The summed E-state index contributed by atoms with van der Waals surface area (Å²) < 4.78 is 50.8. The van der Waals surface area contributed by atoms with Gasteiger partial charge in [-0.2, -0.15) is 0 Å². The summed E-state index contributed by atoms with van der Waals surface area (Å²) in [6.07, 6.45) is -6.48. The average molecular weight is 817 g/mol. The van der Waals surface area contributed by atoms with Gasteiger partial charge >= 0.3 is 35.8 Å². The van der Waals surface area contributed by atoms with Gasteiger partial charge in [-0.1, -0.05) is 30.3 Å². The molecule has 0 spiro atoms. The molecular formula is C42H40O17. The van der Waals surface area contributed by atoms with Gasteiger partial charge in [-0.25, -0.2) is 0 Å². The largest absolute Gasteiger partial charge is 0.484 e. The molecule has 0 amide bonds. The van der Waals surface area contributed by atoms with Gasteiger partial charge in [0.1, 0.15) is 46.5 Å². The molecule has 0 radical (unpaired) electrons. The number of allylic oxidation sites excluding steroid dienone is 1. The third-order valence-corrected chi connectivity index (χ3v) is 8.48. The minimum Gasteiger partial charge on any atom is -0.484 e. The van der Waals surface area contributed by atoms with Crippen molar-refractivity contribution < 1.29 is 81.0 Å². The first-order chi connectivity index (χ1) is 27.9. The molecule has 59 heavy (non-hydrogen) atoms. The van der Waals surface area contributed by atoms with Crippen LogP contribution in [0.3, 0.4) is 0 Å². The van der Waals surface area contributed by atoms with Gasteiger partial charge in [0.25, 0.3) is 0 Å². The Labute approximate surface area is 337 Å². The van der Waals surface area contributed by atoms with Crippen molar-refractivity contribution in [2.75, 3.05) is 0 Å². The first kappa shape index (κ1) is 43.2. The minimum absolute atomic E-state index is 0.0593. The predicted octanol–water partition coefficient (Wildman–Crippen LogP) is 4.74. The molecule has 17 heteroatoms. The summed E-state index contributed by atoms with van der Waals surface area (Å²) in [6, 6.07) is 15.1. The first-order valence-corrected chi connectivity index (χ1v) is 18.1. The second-order valence-electron chi connectivity index (χ2n) is 13.3. The number of fused-ring (bicyclic) bond motifs is 1. The fraction of sp³-hybridized carbons (Fsp3) is 0.333. The Kier molecular flexibility index (Phi) is 14.0. The van der Waals surface area contributed by atoms with Crippen molar-refractivity contribution in [2.45, 2.75) is 91.2 Å². The first-order valence-electron chi connectivity index (χ1n) is 18.1. The van der Waals surface area contributed by atoms with Crippen LogP contribution in [-0.4, -0.2) is 78.1 Å². The van der Waals surface area contributed by atoms with Crippen molar-refractivity contribution in [3.05, 3.63) is 83.4 Å². The number of hydrogen-bond donors (Lipinski definition) is 0. The standard InChI is InChI=1S/C42H40O17/c1-21(43)51-30-13-8-27(9-14-30)7-12-29(49)17-37-39(54-24(4)46)40(55-25(5)47)41(56-26(6)48)42(59-37)57-32-18-35(53-23(3)45)38-33(50)20-34(58-36(38)19-32)28-10-15-31(16-11-28)52-22(2)44/h7-16,18-19,34,37,39-42H,17,20H2,1-6H3/b12-7-/t34-,37+,39-,40-,41-,42-/m1/s1. The van der Waals surface area contributed by atoms with E-state index in [0.29, 0.717) is 16.9 Å². The SMILES string of the molecule is CC(=O)Oc1ccc(/C=C\C(=O)C[C@@H]2O[C@@H](Oc3cc(OC(C)=O)c4c(c3)O[C@@H](c3ccc(OC(C)=O)cc3)CC4=O)[C@H](OC(C)=O)[C@H](OC(C)=O)[C@@H]2OC(C)=O)cc1. The molecule has 1 fully saturated rings. The number of ketones is 2. The van der Waals surface area contributed by atoms with Crippen LogP contribution in [0.15, 0.2) is 66.7 Å². The maximum atomic E-state index is 13.6. The van der Waals surface area contributed by atoms with Crippen LogP contribution in [0.5, 0.6) is 28.7 Å². The molecule has 6 atom stereocenters. The molecule has 0 aromatic heterocycles. The predicted molar refractivity (Wildman–Crippen MR) is 200 cm³/mol. The van der Waals surface area contributed by atoms with Gasteiger partial charge < -0.3 is 42.6 Å². The molecule has 0 aliphatic carbocycles. The van der Waals surface area contributed by atoms with Gasteiger partial charge in [0.2, 0.25) is 12.4 Å². The number of carbonyl (C=O) groups is 8. The number of esters is 6. The fourth-order valence-electron chi connectivity index (χ4n) is 6.32. The van der Waals surface area contributed by atoms with E-state index in [9.17, 15) is 38.4 Å². The van der Waals surface area contributed by atoms with E-state index in [-0.39, 0.29) is 35.0 Å². The van der Waals surface area contributed by atoms with Gasteiger partial charge in [-0.3, -0.25) is 38.4 Å². The highest BCUT2D eigenvalue weighted by molar-refractivity contribution is 6.03. The molecular weight excluding hydrogens is 776 g/mol. The van der Waals surface area contributed by atoms with Crippen molar-refractivity contribution in [1.29, 1.82) is 0 Å². The van der Waals surface area contributed by atoms with Crippen molar-refractivity contribution >= 4 is 53.5 Å². The van der Waals surface area contributed by atoms with E-state index < -0.39 is 90.6 Å². The van der Waals surface area contributed by atoms with Gasteiger partial charge in [0, 0.05) is 60.1 Å². The van der Waals surface area contributed by atoms with Crippen LogP contribution in [-0.2, 0) is 52.5 Å². The van der Waals surface area contributed by atoms with Crippen molar-refractivity contribution in [2.24, 2.45) is 0 Å². The summed E-state index contributed by atoms with van der Waals surface area (Å²) in [5, 5.41) is 0. The summed E-state index contributed by atoms with van der Waals surface area (Å²) >= 11 is 0. The maximum absolute atomic E-state index is 13.6. The van der Waals surface area contributed by atoms with Gasteiger partial charge in [0.05, 0.1) is 6.42 Å². The Bertz CT molecular complexity index is 2150. The van der Waals surface area contributed by atoms with Crippen LogP contribution in [0.25, 0.3) is 6.08 Å². The molecule has 2 heterocycles. The van der Waals surface area contributed by atoms with Crippen LogP contribution in [0.1, 0.15) is 82.0 Å². The van der Waals surface area contributed by atoms with Crippen LogP contribution < -0.4 is 23.7 Å². The molecule has 5 rings (SSSR count). The Morgan fingerprint density at radius 2 is 1.19 bits per heavy atom. The zero-order valence-corrected chi connectivity index (χ0v) is 32.7.